The zero-order chi connectivity index (χ0) is 11.5. The van der Waals surface area contributed by atoms with Crippen molar-refractivity contribution in [3.05, 3.63) is 24.0 Å². The van der Waals surface area contributed by atoms with Crippen LogP contribution in [0.1, 0.15) is 23.3 Å². The number of carbonyl (C=O) groups is 1. The maximum Gasteiger partial charge on any atom is 0.270 e. The topological polar surface area (TPSA) is 51.3 Å². The summed E-state index contributed by atoms with van der Waals surface area (Å²) in [6, 6.07) is 3.77. The number of aryl methyl sites for hydroxylation is 1. The van der Waals surface area contributed by atoms with E-state index in [0.717, 1.165) is 31.6 Å². The molecule has 1 aromatic heterocycles. The van der Waals surface area contributed by atoms with Gasteiger partial charge in [0.2, 0.25) is 0 Å². The van der Waals surface area contributed by atoms with E-state index in [0.29, 0.717) is 12.5 Å². The van der Waals surface area contributed by atoms with Gasteiger partial charge >= 0.3 is 0 Å². The lowest BCUT2D eigenvalue weighted by molar-refractivity contribution is 0.0668. The van der Waals surface area contributed by atoms with Crippen LogP contribution in [0.2, 0.25) is 0 Å². The van der Waals surface area contributed by atoms with Crippen molar-refractivity contribution < 1.29 is 4.79 Å². The number of hydrogen-bond donors (Lipinski definition) is 1. The summed E-state index contributed by atoms with van der Waals surface area (Å²) in [4.78, 5) is 14.1. The molecule has 1 saturated heterocycles. The number of amides is 1. The van der Waals surface area contributed by atoms with Crippen molar-refractivity contribution in [1.29, 1.82) is 0 Å². The van der Waals surface area contributed by atoms with E-state index < -0.39 is 0 Å². The minimum Gasteiger partial charge on any atom is -0.347 e. The summed E-state index contributed by atoms with van der Waals surface area (Å²) in [5.41, 5.74) is 6.43. The average Bonchev–Trinajstić information content (AvgIpc) is 2.74. The summed E-state index contributed by atoms with van der Waals surface area (Å²) in [5.74, 6) is 0.601. The second-order valence-electron chi connectivity index (χ2n) is 4.50. The van der Waals surface area contributed by atoms with E-state index in [2.05, 4.69) is 0 Å². The Labute approximate surface area is 108 Å². The van der Waals surface area contributed by atoms with Crippen molar-refractivity contribution in [3.63, 3.8) is 0 Å². The number of rotatable bonds is 2. The first kappa shape index (κ1) is 14.1. The van der Waals surface area contributed by atoms with Crippen LogP contribution < -0.4 is 5.73 Å². The van der Waals surface area contributed by atoms with Crippen LogP contribution in [0.25, 0.3) is 0 Å². The highest BCUT2D eigenvalue weighted by Crippen LogP contribution is 2.17. The van der Waals surface area contributed by atoms with Gasteiger partial charge in [-0.25, -0.2) is 0 Å². The van der Waals surface area contributed by atoms with Gasteiger partial charge in [0.1, 0.15) is 5.69 Å². The van der Waals surface area contributed by atoms with Crippen molar-refractivity contribution in [2.45, 2.75) is 12.8 Å². The standard InChI is InChI=1S/C12H19N3O.ClH/c1-14-6-3-5-11(14)12(16)15-7-2-4-10(8-13)9-15;/h3,5-6,10H,2,4,7-9,13H2,1H3;1H. The van der Waals surface area contributed by atoms with Gasteiger partial charge in [-0.1, -0.05) is 0 Å². The predicted molar refractivity (Wildman–Crippen MR) is 70.3 cm³/mol. The maximum atomic E-state index is 12.2. The van der Waals surface area contributed by atoms with E-state index in [1.807, 2.05) is 34.8 Å². The minimum atomic E-state index is 0. The first-order valence-electron chi connectivity index (χ1n) is 5.83. The van der Waals surface area contributed by atoms with Gasteiger partial charge in [0.05, 0.1) is 0 Å². The first-order chi connectivity index (χ1) is 7.72. The highest BCUT2D eigenvalue weighted by molar-refractivity contribution is 5.92. The highest BCUT2D eigenvalue weighted by atomic mass is 35.5. The van der Waals surface area contributed by atoms with Gasteiger partial charge in [-0.15, -0.1) is 12.4 Å². The molecule has 96 valence electrons. The summed E-state index contributed by atoms with van der Waals surface area (Å²) in [6.07, 6.45) is 4.11. The molecule has 17 heavy (non-hydrogen) atoms. The Hall–Kier alpha value is -1.00. The van der Waals surface area contributed by atoms with Crippen LogP contribution in [0, 0.1) is 5.92 Å². The maximum absolute atomic E-state index is 12.2. The number of piperidine rings is 1. The third kappa shape index (κ3) is 3.01. The summed E-state index contributed by atoms with van der Waals surface area (Å²) in [7, 11) is 1.90. The van der Waals surface area contributed by atoms with Crippen molar-refractivity contribution in [2.75, 3.05) is 19.6 Å². The summed E-state index contributed by atoms with van der Waals surface area (Å²) >= 11 is 0. The lowest BCUT2D eigenvalue weighted by atomic mass is 9.98. The fourth-order valence-corrected chi connectivity index (χ4v) is 2.29. The van der Waals surface area contributed by atoms with Crippen LogP contribution in [0.5, 0.6) is 0 Å². The van der Waals surface area contributed by atoms with Crippen LogP contribution in [0.15, 0.2) is 18.3 Å². The molecule has 1 aromatic rings. The van der Waals surface area contributed by atoms with Crippen molar-refractivity contribution in [1.82, 2.24) is 9.47 Å². The van der Waals surface area contributed by atoms with E-state index in [-0.39, 0.29) is 18.3 Å². The zero-order valence-electron chi connectivity index (χ0n) is 10.1. The lowest BCUT2D eigenvalue weighted by Gasteiger charge is -2.32. The Morgan fingerprint density at radius 2 is 2.35 bits per heavy atom. The average molecular weight is 258 g/mol. The normalized spacial score (nSPS) is 19.9. The number of likely N-dealkylation sites (tertiary alicyclic amines) is 1. The molecule has 1 aliphatic heterocycles. The molecule has 2 rings (SSSR count). The minimum absolute atomic E-state index is 0. The van der Waals surface area contributed by atoms with Crippen LogP contribution in [0.4, 0.5) is 0 Å². The second kappa shape index (κ2) is 6.07. The van der Waals surface area contributed by atoms with Gasteiger partial charge in [0.15, 0.2) is 0 Å². The Kier molecular flexibility index (Phi) is 5.02. The van der Waals surface area contributed by atoms with Gasteiger partial charge in [-0.2, -0.15) is 0 Å². The molecule has 1 fully saturated rings. The highest BCUT2D eigenvalue weighted by Gasteiger charge is 2.24. The molecule has 0 radical (unpaired) electrons. The molecule has 0 saturated carbocycles. The molecule has 0 aromatic carbocycles. The fourth-order valence-electron chi connectivity index (χ4n) is 2.29. The largest absolute Gasteiger partial charge is 0.347 e. The Morgan fingerprint density at radius 1 is 1.59 bits per heavy atom. The van der Waals surface area contributed by atoms with E-state index in [1.165, 1.54) is 0 Å². The van der Waals surface area contributed by atoms with Crippen molar-refractivity contribution >= 4 is 18.3 Å². The molecule has 1 aliphatic rings. The molecule has 0 bridgehead atoms. The second-order valence-corrected chi connectivity index (χ2v) is 4.50. The number of nitrogens with zero attached hydrogens (tertiary/aromatic N) is 2. The molecule has 5 heteroatoms. The SMILES string of the molecule is Cl.Cn1cccc1C(=O)N1CCCC(CN)C1. The van der Waals surface area contributed by atoms with Crippen LogP contribution >= 0.6 is 12.4 Å². The van der Waals surface area contributed by atoms with Gasteiger partial charge < -0.3 is 15.2 Å². The van der Waals surface area contributed by atoms with Crippen LogP contribution in [-0.2, 0) is 7.05 Å². The third-order valence-electron chi connectivity index (χ3n) is 3.30. The summed E-state index contributed by atoms with van der Waals surface area (Å²) < 4.78 is 1.87. The molecular weight excluding hydrogens is 238 g/mol. The molecule has 1 amide bonds. The Bertz CT molecular complexity index is 378. The molecule has 0 aliphatic carbocycles. The van der Waals surface area contributed by atoms with Crippen molar-refractivity contribution in [3.8, 4) is 0 Å². The van der Waals surface area contributed by atoms with Gasteiger partial charge in [-0.3, -0.25) is 4.79 Å². The lowest BCUT2D eigenvalue weighted by Crippen LogP contribution is -2.42. The first-order valence-corrected chi connectivity index (χ1v) is 5.83. The summed E-state index contributed by atoms with van der Waals surface area (Å²) in [6.45, 7) is 2.35. The molecule has 4 nitrogen and oxygen atoms in total. The van der Waals surface area contributed by atoms with Gasteiger partial charge in [-0.05, 0) is 37.4 Å². The fraction of sp³-hybridized carbons (Fsp3) is 0.583. The molecule has 2 heterocycles. The van der Waals surface area contributed by atoms with E-state index in [4.69, 9.17) is 5.73 Å². The predicted octanol–water partition coefficient (Wildman–Crippen LogP) is 1.26. The number of aromatic nitrogens is 1. The quantitative estimate of drug-likeness (QED) is 0.867. The van der Waals surface area contributed by atoms with Crippen LogP contribution in [-0.4, -0.2) is 35.0 Å². The number of carbonyl (C=O) groups excluding carboxylic acids is 1. The van der Waals surface area contributed by atoms with E-state index in [1.54, 1.807) is 0 Å². The molecule has 2 N–H and O–H groups in total. The molecule has 1 atom stereocenters. The summed E-state index contributed by atoms with van der Waals surface area (Å²) in [5, 5.41) is 0. The number of nitrogens with two attached hydrogens (primary N) is 1. The third-order valence-corrected chi connectivity index (χ3v) is 3.30. The van der Waals surface area contributed by atoms with E-state index in [9.17, 15) is 4.79 Å². The van der Waals surface area contributed by atoms with Gasteiger partial charge in [0.25, 0.3) is 5.91 Å². The zero-order valence-corrected chi connectivity index (χ0v) is 10.9. The van der Waals surface area contributed by atoms with Gasteiger partial charge in [0, 0.05) is 26.3 Å². The smallest absolute Gasteiger partial charge is 0.270 e. The van der Waals surface area contributed by atoms with E-state index >= 15 is 0 Å². The monoisotopic (exact) mass is 257 g/mol. The molecule has 0 spiro atoms. The number of hydrogen-bond acceptors (Lipinski definition) is 2. The molecular formula is C12H20ClN3O. The molecule has 1 unspecified atom stereocenters. The number of halogens is 1. The Balaban J connectivity index is 0.00000144. The Morgan fingerprint density at radius 3 is 2.94 bits per heavy atom. The van der Waals surface area contributed by atoms with Crippen LogP contribution in [0.3, 0.4) is 0 Å². The van der Waals surface area contributed by atoms with Crippen molar-refractivity contribution in [2.24, 2.45) is 18.7 Å².